The Morgan fingerprint density at radius 2 is 0.828 bits per heavy atom. The molecule has 0 radical (unpaired) electrons. The molecule has 1 nitrogen and oxygen atoms in total. The lowest BCUT2D eigenvalue weighted by Crippen LogP contribution is -2.18. The number of benzene rings is 9. The van der Waals surface area contributed by atoms with E-state index in [-0.39, 0.29) is 10.8 Å². The second-order valence-electron chi connectivity index (χ2n) is 17.2. The fourth-order valence-electron chi connectivity index (χ4n) is 10.6. The van der Waals surface area contributed by atoms with Crippen molar-refractivity contribution in [3.8, 4) is 33.4 Å². The molecule has 1 heterocycles. The fourth-order valence-corrected chi connectivity index (χ4v) is 12.0. The van der Waals surface area contributed by atoms with Crippen LogP contribution < -0.4 is 4.90 Å². The summed E-state index contributed by atoms with van der Waals surface area (Å²) < 4.78 is 2.65. The highest BCUT2D eigenvalue weighted by Crippen LogP contribution is 2.56. The largest absolute Gasteiger partial charge is 0.310 e. The molecule has 0 amide bonds. The molecule has 9 aromatic carbocycles. The molecule has 0 atom stereocenters. The number of fused-ring (bicyclic) bond motifs is 14. The van der Waals surface area contributed by atoms with Crippen LogP contribution in [0.25, 0.3) is 75.1 Å². The van der Waals surface area contributed by atoms with E-state index in [1.807, 2.05) is 11.3 Å². The standard InChI is InChI=1S/C56H41NS/c1-55(2)46-24-14-12-20-40(46)42-28-26-35(32-48(42)55)57(36-27-29-43-41-21-13-15-25-47(41)56(3,4)49(43)33-36)50-31-30-37(34-16-6-5-7-17-34)53-52(50)51-44-22-10-8-18-38(44)39-19-9-11-23-45(39)54(51)58-53/h5-33H,1-4H3. The first-order chi connectivity index (χ1) is 28.3. The Balaban J connectivity index is 1.21. The highest BCUT2D eigenvalue weighted by Gasteiger charge is 2.38. The number of anilines is 3. The van der Waals surface area contributed by atoms with Gasteiger partial charge >= 0.3 is 0 Å². The van der Waals surface area contributed by atoms with Crippen LogP contribution in [0.2, 0.25) is 0 Å². The third-order valence-electron chi connectivity index (χ3n) is 13.5. The molecule has 0 unspecified atom stereocenters. The molecule has 0 aliphatic heterocycles. The number of hydrogen-bond acceptors (Lipinski definition) is 2. The van der Waals surface area contributed by atoms with Crippen molar-refractivity contribution < 1.29 is 0 Å². The average Bonchev–Trinajstić information content (AvgIpc) is 3.86. The van der Waals surface area contributed by atoms with Crippen LogP contribution in [0.3, 0.4) is 0 Å². The Bertz CT molecular complexity index is 3240. The van der Waals surface area contributed by atoms with Gasteiger partial charge in [-0.2, -0.15) is 0 Å². The van der Waals surface area contributed by atoms with Gasteiger partial charge in [-0.15, -0.1) is 11.3 Å². The normalized spacial score (nSPS) is 14.5. The summed E-state index contributed by atoms with van der Waals surface area (Å²) in [6.45, 7) is 9.55. The smallest absolute Gasteiger partial charge is 0.0555 e. The maximum atomic E-state index is 2.58. The van der Waals surface area contributed by atoms with Crippen LogP contribution in [0.4, 0.5) is 17.1 Å². The van der Waals surface area contributed by atoms with Gasteiger partial charge in [-0.05, 0) is 102 Å². The van der Waals surface area contributed by atoms with Crippen molar-refractivity contribution in [3.05, 3.63) is 198 Å². The van der Waals surface area contributed by atoms with Gasteiger partial charge in [0.05, 0.1) is 5.69 Å². The quantitative estimate of drug-likeness (QED) is 0.162. The number of hydrogen-bond donors (Lipinski definition) is 0. The van der Waals surface area contributed by atoms with E-state index >= 15 is 0 Å². The minimum atomic E-state index is -0.133. The predicted octanol–water partition coefficient (Wildman–Crippen LogP) is 16.1. The van der Waals surface area contributed by atoms with Crippen LogP contribution >= 0.6 is 11.3 Å². The van der Waals surface area contributed by atoms with Crippen LogP contribution in [0, 0.1) is 0 Å². The zero-order valence-corrected chi connectivity index (χ0v) is 33.9. The number of nitrogens with zero attached hydrogens (tertiary/aromatic N) is 1. The first-order valence-electron chi connectivity index (χ1n) is 20.4. The third kappa shape index (κ3) is 4.52. The maximum Gasteiger partial charge on any atom is 0.0555 e. The summed E-state index contributed by atoms with van der Waals surface area (Å²) in [5, 5.41) is 7.83. The van der Waals surface area contributed by atoms with E-state index in [1.165, 1.54) is 114 Å². The molecule has 58 heavy (non-hydrogen) atoms. The first-order valence-corrected chi connectivity index (χ1v) is 21.3. The molecule has 276 valence electrons. The molecule has 0 fully saturated rings. The van der Waals surface area contributed by atoms with Gasteiger partial charge in [0.25, 0.3) is 0 Å². The predicted molar refractivity (Wildman–Crippen MR) is 250 cm³/mol. The highest BCUT2D eigenvalue weighted by atomic mass is 32.1. The van der Waals surface area contributed by atoms with Gasteiger partial charge in [0.1, 0.15) is 0 Å². The SMILES string of the molecule is CC1(C)c2ccccc2-c2ccc(N(c3ccc4c(c3)C(C)(C)c3ccccc3-4)c3ccc(-c4ccccc4)c4sc5c6ccccc6c6ccccc6c5c34)cc21. The zero-order chi connectivity index (χ0) is 38.9. The summed E-state index contributed by atoms with van der Waals surface area (Å²) in [6.07, 6.45) is 0. The summed E-state index contributed by atoms with van der Waals surface area (Å²) in [7, 11) is 0. The van der Waals surface area contributed by atoms with Crippen LogP contribution in [-0.4, -0.2) is 0 Å². The summed E-state index contributed by atoms with van der Waals surface area (Å²) in [4.78, 5) is 2.58. The van der Waals surface area contributed by atoms with E-state index in [9.17, 15) is 0 Å². The van der Waals surface area contributed by atoms with Crippen LogP contribution in [0.5, 0.6) is 0 Å². The van der Waals surface area contributed by atoms with E-state index in [0.29, 0.717) is 0 Å². The number of rotatable bonds is 4. The molecule has 12 rings (SSSR count). The lowest BCUT2D eigenvalue weighted by molar-refractivity contribution is 0.660. The fraction of sp³-hybridized carbons (Fsp3) is 0.107. The van der Waals surface area contributed by atoms with E-state index in [1.54, 1.807) is 0 Å². The molecule has 0 bridgehead atoms. The zero-order valence-electron chi connectivity index (χ0n) is 33.1. The van der Waals surface area contributed by atoms with E-state index < -0.39 is 0 Å². The first kappa shape index (κ1) is 33.6. The molecule has 2 aliphatic rings. The molecule has 2 aliphatic carbocycles. The van der Waals surface area contributed by atoms with Gasteiger partial charge in [0.15, 0.2) is 0 Å². The van der Waals surface area contributed by atoms with Gasteiger partial charge in [0, 0.05) is 47.8 Å². The lowest BCUT2D eigenvalue weighted by atomic mass is 9.82. The van der Waals surface area contributed by atoms with E-state index in [4.69, 9.17) is 0 Å². The molecule has 2 heteroatoms. The molecular weight excluding hydrogens is 719 g/mol. The highest BCUT2D eigenvalue weighted by molar-refractivity contribution is 7.27. The average molecular weight is 760 g/mol. The van der Waals surface area contributed by atoms with Crippen molar-refractivity contribution in [1.82, 2.24) is 0 Å². The van der Waals surface area contributed by atoms with Gasteiger partial charge in [-0.3, -0.25) is 0 Å². The van der Waals surface area contributed by atoms with Crippen molar-refractivity contribution in [3.63, 3.8) is 0 Å². The van der Waals surface area contributed by atoms with E-state index in [0.717, 1.165) is 0 Å². The molecule has 10 aromatic rings. The summed E-state index contributed by atoms with van der Waals surface area (Å²) in [5.41, 5.74) is 16.6. The van der Waals surface area contributed by atoms with Crippen LogP contribution in [0.1, 0.15) is 49.9 Å². The third-order valence-corrected chi connectivity index (χ3v) is 14.7. The Hall–Kier alpha value is -6.48. The Kier molecular flexibility index (Phi) is 6.97. The summed E-state index contributed by atoms with van der Waals surface area (Å²) >= 11 is 1.95. The second kappa shape index (κ2) is 12.0. The number of thiophene rings is 1. The van der Waals surface area contributed by atoms with Gasteiger partial charge in [0.2, 0.25) is 0 Å². The minimum Gasteiger partial charge on any atom is -0.310 e. The molecule has 0 saturated carbocycles. The van der Waals surface area contributed by atoms with Gasteiger partial charge in [-0.1, -0.05) is 173 Å². The molecule has 1 aromatic heterocycles. The van der Waals surface area contributed by atoms with Crippen LogP contribution in [0.15, 0.2) is 176 Å². The Labute approximate surface area is 343 Å². The van der Waals surface area contributed by atoms with E-state index in [2.05, 4.69) is 209 Å². The topological polar surface area (TPSA) is 3.24 Å². The Morgan fingerprint density at radius 1 is 0.362 bits per heavy atom. The summed E-state index contributed by atoms with van der Waals surface area (Å²) in [5.74, 6) is 0. The van der Waals surface area contributed by atoms with Crippen molar-refractivity contribution in [2.45, 2.75) is 38.5 Å². The summed E-state index contributed by atoms with van der Waals surface area (Å²) in [6, 6.07) is 66.1. The van der Waals surface area contributed by atoms with Crippen molar-refractivity contribution >= 4 is 70.1 Å². The van der Waals surface area contributed by atoms with Crippen molar-refractivity contribution in [2.75, 3.05) is 4.90 Å². The maximum absolute atomic E-state index is 2.58. The van der Waals surface area contributed by atoms with Crippen molar-refractivity contribution in [1.29, 1.82) is 0 Å². The van der Waals surface area contributed by atoms with Crippen LogP contribution in [-0.2, 0) is 10.8 Å². The molecule has 0 N–H and O–H groups in total. The molecule has 0 spiro atoms. The molecular formula is C56H41NS. The lowest BCUT2D eigenvalue weighted by Gasteiger charge is -2.30. The van der Waals surface area contributed by atoms with Crippen molar-refractivity contribution in [2.24, 2.45) is 0 Å². The minimum absolute atomic E-state index is 0.133. The molecule has 0 saturated heterocycles. The van der Waals surface area contributed by atoms with Gasteiger partial charge in [-0.25, -0.2) is 0 Å². The van der Waals surface area contributed by atoms with Gasteiger partial charge < -0.3 is 4.90 Å². The monoisotopic (exact) mass is 759 g/mol. The second-order valence-corrected chi connectivity index (χ2v) is 18.3. The Morgan fingerprint density at radius 3 is 1.43 bits per heavy atom.